The normalized spacial score (nSPS) is 11.0. The lowest BCUT2D eigenvalue weighted by atomic mass is 10.0. The first-order chi connectivity index (χ1) is 13.6. The standard InChI is InChI=1S/C23H17Cl2NO2/c1-27-22-9-4-17(5-10-22)19(14-26)12-18-13-21(25)8-11-23(18)28-15-16-2-6-20(24)7-3-16/h2-13H,15H2,1H3/b19-12+. The molecule has 0 aliphatic carbocycles. The molecule has 0 amide bonds. The zero-order valence-corrected chi connectivity index (χ0v) is 16.7. The van der Waals surface area contributed by atoms with Crippen molar-refractivity contribution in [3.8, 4) is 17.6 Å². The molecular formula is C23H17Cl2NO2. The summed E-state index contributed by atoms with van der Waals surface area (Å²) in [7, 11) is 1.60. The first-order valence-corrected chi connectivity index (χ1v) is 9.27. The van der Waals surface area contributed by atoms with Gasteiger partial charge in [0.1, 0.15) is 18.1 Å². The van der Waals surface area contributed by atoms with Crippen molar-refractivity contribution in [1.82, 2.24) is 0 Å². The van der Waals surface area contributed by atoms with Crippen LogP contribution in [0.4, 0.5) is 0 Å². The minimum Gasteiger partial charge on any atom is -0.497 e. The van der Waals surface area contributed by atoms with Gasteiger partial charge in [-0.1, -0.05) is 35.3 Å². The van der Waals surface area contributed by atoms with Crippen molar-refractivity contribution >= 4 is 34.9 Å². The van der Waals surface area contributed by atoms with Crippen LogP contribution in [0.1, 0.15) is 16.7 Å². The molecule has 0 saturated carbocycles. The zero-order chi connectivity index (χ0) is 19.9. The molecule has 5 heteroatoms. The highest BCUT2D eigenvalue weighted by Crippen LogP contribution is 2.29. The molecule has 0 atom stereocenters. The fourth-order valence-corrected chi connectivity index (χ4v) is 2.92. The van der Waals surface area contributed by atoms with Crippen LogP contribution < -0.4 is 9.47 Å². The van der Waals surface area contributed by atoms with Gasteiger partial charge < -0.3 is 9.47 Å². The number of nitriles is 1. The molecule has 0 spiro atoms. The van der Waals surface area contributed by atoms with Crippen LogP contribution in [0.3, 0.4) is 0 Å². The second-order valence-corrected chi connectivity index (χ2v) is 6.87. The number of rotatable bonds is 6. The van der Waals surface area contributed by atoms with Crippen molar-refractivity contribution in [2.45, 2.75) is 6.61 Å². The molecule has 0 aliphatic rings. The highest BCUT2D eigenvalue weighted by atomic mass is 35.5. The number of allylic oxidation sites excluding steroid dienone is 1. The highest BCUT2D eigenvalue weighted by molar-refractivity contribution is 6.31. The van der Waals surface area contributed by atoms with Gasteiger partial charge in [-0.05, 0) is 71.8 Å². The third-order valence-electron chi connectivity index (χ3n) is 4.10. The van der Waals surface area contributed by atoms with Crippen LogP contribution in [0.5, 0.6) is 11.5 Å². The summed E-state index contributed by atoms with van der Waals surface area (Å²) in [6, 6.07) is 22.3. The van der Waals surface area contributed by atoms with Crippen LogP contribution in [0.25, 0.3) is 11.6 Å². The number of hydrogen-bond acceptors (Lipinski definition) is 3. The fraction of sp³-hybridized carbons (Fsp3) is 0.0870. The predicted molar refractivity (Wildman–Crippen MR) is 114 cm³/mol. The summed E-state index contributed by atoms with van der Waals surface area (Å²) in [5.74, 6) is 1.37. The first kappa shape index (κ1) is 19.8. The van der Waals surface area contributed by atoms with Crippen LogP contribution in [-0.2, 0) is 6.61 Å². The molecule has 28 heavy (non-hydrogen) atoms. The molecule has 0 N–H and O–H groups in total. The molecule has 0 bridgehead atoms. The lowest BCUT2D eigenvalue weighted by Crippen LogP contribution is -1.97. The van der Waals surface area contributed by atoms with Crippen LogP contribution in [-0.4, -0.2) is 7.11 Å². The van der Waals surface area contributed by atoms with E-state index in [0.717, 1.165) is 22.4 Å². The summed E-state index contributed by atoms with van der Waals surface area (Å²) in [5, 5.41) is 10.9. The molecule has 0 unspecified atom stereocenters. The minimum atomic E-state index is 0.379. The molecule has 3 rings (SSSR count). The van der Waals surface area contributed by atoms with Crippen LogP contribution in [0, 0.1) is 11.3 Å². The Bertz CT molecular complexity index is 1020. The molecule has 140 valence electrons. The Morgan fingerprint density at radius 1 is 0.964 bits per heavy atom. The number of hydrogen-bond donors (Lipinski definition) is 0. The van der Waals surface area contributed by atoms with E-state index in [2.05, 4.69) is 6.07 Å². The fourth-order valence-electron chi connectivity index (χ4n) is 2.61. The summed E-state index contributed by atoms with van der Waals surface area (Å²) < 4.78 is 11.1. The Morgan fingerprint density at radius 2 is 1.64 bits per heavy atom. The molecule has 0 radical (unpaired) electrons. The lowest BCUT2D eigenvalue weighted by molar-refractivity contribution is 0.305. The predicted octanol–water partition coefficient (Wildman–Crippen LogP) is 6.65. The number of methoxy groups -OCH3 is 1. The van der Waals surface area contributed by atoms with E-state index in [0.29, 0.717) is 28.0 Å². The Hall–Kier alpha value is -2.93. The SMILES string of the molecule is COc1ccc(/C(C#N)=C/c2cc(Cl)ccc2OCc2ccc(Cl)cc2)cc1. The highest BCUT2D eigenvalue weighted by Gasteiger charge is 2.08. The van der Waals surface area contributed by atoms with E-state index < -0.39 is 0 Å². The molecule has 0 aromatic heterocycles. The van der Waals surface area contributed by atoms with Gasteiger partial charge in [-0.3, -0.25) is 0 Å². The number of ether oxygens (including phenoxy) is 2. The maximum Gasteiger partial charge on any atom is 0.127 e. The molecule has 0 fully saturated rings. The Labute approximate surface area is 174 Å². The van der Waals surface area contributed by atoms with Gasteiger partial charge in [0.05, 0.1) is 18.8 Å². The van der Waals surface area contributed by atoms with Crippen molar-refractivity contribution in [3.63, 3.8) is 0 Å². The topological polar surface area (TPSA) is 42.2 Å². The van der Waals surface area contributed by atoms with Gasteiger partial charge in [-0.25, -0.2) is 0 Å². The molecule has 3 nitrogen and oxygen atoms in total. The second-order valence-electron chi connectivity index (χ2n) is 6.00. The van der Waals surface area contributed by atoms with Gasteiger partial charge >= 0.3 is 0 Å². The average Bonchev–Trinajstić information content (AvgIpc) is 2.72. The first-order valence-electron chi connectivity index (χ1n) is 8.52. The summed E-state index contributed by atoms with van der Waals surface area (Å²) in [6.07, 6.45) is 1.77. The van der Waals surface area contributed by atoms with Gasteiger partial charge in [0.15, 0.2) is 0 Å². The van der Waals surface area contributed by atoms with Gasteiger partial charge in [0.2, 0.25) is 0 Å². The third-order valence-corrected chi connectivity index (χ3v) is 4.59. The average molecular weight is 410 g/mol. The van der Waals surface area contributed by atoms with Crippen molar-refractivity contribution < 1.29 is 9.47 Å². The number of nitrogens with zero attached hydrogens (tertiary/aromatic N) is 1. The van der Waals surface area contributed by atoms with E-state index >= 15 is 0 Å². The quantitative estimate of drug-likeness (QED) is 0.338. The molecule has 0 aliphatic heterocycles. The zero-order valence-electron chi connectivity index (χ0n) is 15.2. The van der Waals surface area contributed by atoms with Crippen LogP contribution >= 0.6 is 23.2 Å². The maximum atomic E-state index is 9.63. The lowest BCUT2D eigenvalue weighted by Gasteiger charge is -2.11. The third kappa shape index (κ3) is 5.07. The van der Waals surface area contributed by atoms with Crippen LogP contribution in [0.15, 0.2) is 66.7 Å². The second kappa shape index (κ2) is 9.32. The molecule has 0 saturated heterocycles. The van der Waals surface area contributed by atoms with Gasteiger partial charge in [-0.15, -0.1) is 0 Å². The van der Waals surface area contributed by atoms with Gasteiger partial charge in [0, 0.05) is 15.6 Å². The Balaban J connectivity index is 1.88. The van der Waals surface area contributed by atoms with E-state index in [4.69, 9.17) is 32.7 Å². The van der Waals surface area contributed by atoms with E-state index in [1.165, 1.54) is 0 Å². The van der Waals surface area contributed by atoms with Crippen LogP contribution in [0.2, 0.25) is 10.0 Å². The molecular weight excluding hydrogens is 393 g/mol. The summed E-state index contributed by atoms with van der Waals surface area (Å²) in [5.41, 5.74) is 3.01. The number of halogens is 2. The summed E-state index contributed by atoms with van der Waals surface area (Å²) >= 11 is 12.1. The maximum absolute atomic E-state index is 9.63. The molecule has 3 aromatic rings. The Morgan fingerprint density at radius 3 is 2.29 bits per heavy atom. The summed E-state index contributed by atoms with van der Waals surface area (Å²) in [6.45, 7) is 0.379. The van der Waals surface area contributed by atoms with E-state index in [1.54, 1.807) is 31.4 Å². The summed E-state index contributed by atoms with van der Waals surface area (Å²) in [4.78, 5) is 0. The largest absolute Gasteiger partial charge is 0.497 e. The number of benzene rings is 3. The van der Waals surface area contributed by atoms with E-state index in [-0.39, 0.29) is 0 Å². The molecule has 3 aromatic carbocycles. The Kier molecular flexibility index (Phi) is 6.60. The van der Waals surface area contributed by atoms with Crippen molar-refractivity contribution in [2.24, 2.45) is 0 Å². The van der Waals surface area contributed by atoms with Crippen molar-refractivity contribution in [1.29, 1.82) is 5.26 Å². The molecule has 0 heterocycles. The van der Waals surface area contributed by atoms with E-state index in [9.17, 15) is 5.26 Å². The smallest absolute Gasteiger partial charge is 0.127 e. The van der Waals surface area contributed by atoms with Crippen molar-refractivity contribution in [3.05, 3.63) is 93.5 Å². The van der Waals surface area contributed by atoms with Crippen molar-refractivity contribution in [2.75, 3.05) is 7.11 Å². The minimum absolute atomic E-state index is 0.379. The monoisotopic (exact) mass is 409 g/mol. The van der Waals surface area contributed by atoms with E-state index in [1.807, 2.05) is 48.5 Å². The van der Waals surface area contributed by atoms with Gasteiger partial charge in [0.25, 0.3) is 0 Å². The van der Waals surface area contributed by atoms with Gasteiger partial charge in [-0.2, -0.15) is 5.26 Å².